The minimum Gasteiger partial charge on any atom is -0.412 e. The first-order chi connectivity index (χ1) is 1.41. The van der Waals surface area contributed by atoms with Gasteiger partial charge in [0.1, 0.15) is 0 Å². The number of rotatable bonds is 0. The van der Waals surface area contributed by atoms with Crippen molar-refractivity contribution in [1.29, 1.82) is 0 Å². The van der Waals surface area contributed by atoms with Crippen LogP contribution in [0.2, 0.25) is 0 Å². The first kappa shape index (κ1) is 21.9. The summed E-state index contributed by atoms with van der Waals surface area (Å²) in [6.45, 7) is 0. The standard InChI is InChI=1S/H3N.O2S.H2O/c;1-3-2;/h1H3;;1H2. The monoisotopic (exact) mass is 99.0 g/mol. The van der Waals surface area contributed by atoms with Crippen LogP contribution < -0.4 is 6.15 Å². The molecule has 0 unspecified atom stereocenters. The van der Waals surface area contributed by atoms with Crippen LogP contribution in [0.3, 0.4) is 0 Å². The molecule has 0 saturated heterocycles. The molecule has 0 aliphatic rings. The zero-order valence-electron chi connectivity index (χ0n) is 2.43. The zero-order chi connectivity index (χ0) is 2.71. The molecule has 0 atom stereocenters. The molecule has 0 aliphatic carbocycles. The summed E-state index contributed by atoms with van der Waals surface area (Å²) in [5.41, 5.74) is 0. The summed E-state index contributed by atoms with van der Waals surface area (Å²) in [6.07, 6.45) is 0. The topological polar surface area (TPSA) is 101 Å². The van der Waals surface area contributed by atoms with Crippen LogP contribution in [-0.2, 0) is 11.6 Å². The van der Waals surface area contributed by atoms with E-state index in [-0.39, 0.29) is 11.6 Å². The fourth-order valence-corrected chi connectivity index (χ4v) is 0. The van der Waals surface area contributed by atoms with Crippen LogP contribution in [0.4, 0.5) is 0 Å². The molecule has 0 aromatic heterocycles. The van der Waals surface area contributed by atoms with Gasteiger partial charge in [-0.05, 0) is 0 Å². The quantitative estimate of drug-likeness (QED) is 0.407. The van der Waals surface area contributed by atoms with Crippen molar-refractivity contribution in [2.75, 3.05) is 0 Å². The Balaban J connectivity index is -0.0000000200. The van der Waals surface area contributed by atoms with Gasteiger partial charge in [-0.15, -0.1) is 0 Å². The minimum absolute atomic E-state index is 0. The molecule has 0 bridgehead atoms. The van der Waals surface area contributed by atoms with Crippen molar-refractivity contribution in [3.63, 3.8) is 0 Å². The van der Waals surface area contributed by atoms with Crippen LogP contribution in [0.25, 0.3) is 0 Å². The number of hydrogen-bond donors (Lipinski definition) is 1. The molecule has 0 spiro atoms. The summed E-state index contributed by atoms with van der Waals surface area (Å²) in [5.74, 6) is 0. The van der Waals surface area contributed by atoms with E-state index in [2.05, 4.69) is 0 Å². The van der Waals surface area contributed by atoms with Gasteiger partial charge in [0.15, 0.2) is 0 Å². The van der Waals surface area contributed by atoms with E-state index < -0.39 is 11.6 Å². The average Bonchev–Trinajstić information content (AvgIpc) is 0.918. The Morgan fingerprint density at radius 2 is 1.20 bits per heavy atom. The molecule has 0 aromatic rings. The van der Waals surface area contributed by atoms with E-state index in [9.17, 15) is 0 Å². The van der Waals surface area contributed by atoms with Crippen LogP contribution in [0.15, 0.2) is 0 Å². The van der Waals surface area contributed by atoms with E-state index in [1.54, 1.807) is 0 Å². The summed E-state index contributed by atoms with van der Waals surface area (Å²) in [5, 5.41) is 0. The van der Waals surface area contributed by atoms with Gasteiger partial charge in [-0.3, -0.25) is 0 Å². The molecule has 0 saturated carbocycles. The summed E-state index contributed by atoms with van der Waals surface area (Å²) in [4.78, 5) is 0. The van der Waals surface area contributed by atoms with Crippen LogP contribution >= 0.6 is 0 Å². The highest BCUT2D eigenvalue weighted by atomic mass is 32.1. The van der Waals surface area contributed by atoms with E-state index in [0.717, 1.165) is 0 Å². The largest absolute Gasteiger partial charge is 0.412 e. The van der Waals surface area contributed by atoms with E-state index >= 15 is 0 Å². The van der Waals surface area contributed by atoms with E-state index in [0.29, 0.717) is 0 Å². The van der Waals surface area contributed by atoms with Gasteiger partial charge in [0.25, 0.3) is 0 Å². The Kier molecular flexibility index (Phi) is 225. The van der Waals surface area contributed by atoms with Crippen molar-refractivity contribution in [2.24, 2.45) is 0 Å². The molecular formula is H5NO3S. The highest BCUT2D eigenvalue weighted by Crippen LogP contribution is 0.846. The molecule has 5 heavy (non-hydrogen) atoms. The van der Waals surface area contributed by atoms with Gasteiger partial charge in [-0.1, -0.05) is 0 Å². The molecule has 0 aromatic carbocycles. The molecule has 0 amide bonds. The third kappa shape index (κ3) is 168. The zero-order valence-corrected chi connectivity index (χ0v) is 3.25. The maximum absolute atomic E-state index is 8.29. The molecular weight excluding hydrogens is 94.1 g/mol. The van der Waals surface area contributed by atoms with Crippen molar-refractivity contribution in [2.45, 2.75) is 0 Å². The van der Waals surface area contributed by atoms with Crippen LogP contribution in [0.1, 0.15) is 0 Å². The molecule has 0 heterocycles. The normalized spacial score (nSPS) is 2.40. The van der Waals surface area contributed by atoms with Crippen LogP contribution in [0, 0.1) is 0 Å². The highest BCUT2D eigenvalue weighted by Gasteiger charge is 1.12. The minimum atomic E-state index is -0.750. The van der Waals surface area contributed by atoms with Crippen molar-refractivity contribution in [1.82, 2.24) is 6.15 Å². The SMILES string of the molecule is N.O.O=S=O. The Labute approximate surface area is 32.7 Å². The molecule has 5 heteroatoms. The molecule has 0 rings (SSSR count). The number of hydrogen-bond acceptors (Lipinski definition) is 3. The predicted octanol–water partition coefficient (Wildman–Crippen LogP) is -1.33. The lowest BCUT2D eigenvalue weighted by Crippen LogP contribution is -1.18. The van der Waals surface area contributed by atoms with Gasteiger partial charge in [0.05, 0.1) is 0 Å². The van der Waals surface area contributed by atoms with Gasteiger partial charge in [-0.2, -0.15) is 8.42 Å². The second-order valence-electron chi connectivity index (χ2n) is 0.0680. The Bertz CT molecular complexity index is 27.9. The summed E-state index contributed by atoms with van der Waals surface area (Å²) in [7, 11) is 0. The Morgan fingerprint density at radius 3 is 1.20 bits per heavy atom. The molecule has 0 aliphatic heterocycles. The first-order valence-electron chi connectivity index (χ1n) is 0.333. The summed E-state index contributed by atoms with van der Waals surface area (Å²) >= 11 is -0.750. The molecule has 34 valence electrons. The van der Waals surface area contributed by atoms with Gasteiger partial charge in [0, 0.05) is 0 Å². The molecule has 4 nitrogen and oxygen atoms in total. The Morgan fingerprint density at radius 1 is 1.20 bits per heavy atom. The molecule has 0 radical (unpaired) electrons. The lowest BCUT2D eigenvalue weighted by molar-refractivity contribution is 0.630. The first-order valence-corrected chi connectivity index (χ1v) is 1.00. The molecule has 0 fully saturated rings. The van der Waals surface area contributed by atoms with Crippen molar-refractivity contribution >= 4 is 11.6 Å². The van der Waals surface area contributed by atoms with Gasteiger partial charge in [-0.25, -0.2) is 0 Å². The second-order valence-corrected chi connectivity index (χ2v) is 0.204. The maximum Gasteiger partial charge on any atom is 0.335 e. The maximum atomic E-state index is 8.29. The van der Waals surface area contributed by atoms with Crippen molar-refractivity contribution < 1.29 is 13.9 Å². The summed E-state index contributed by atoms with van der Waals surface area (Å²) < 4.78 is 16.6. The van der Waals surface area contributed by atoms with Gasteiger partial charge < -0.3 is 11.6 Å². The lowest BCUT2D eigenvalue weighted by Gasteiger charge is -0.947. The van der Waals surface area contributed by atoms with Gasteiger partial charge >= 0.3 is 11.6 Å². The third-order valence-corrected chi connectivity index (χ3v) is 0. The van der Waals surface area contributed by atoms with E-state index in [4.69, 9.17) is 8.42 Å². The lowest BCUT2D eigenvalue weighted by atomic mass is 14.0. The van der Waals surface area contributed by atoms with Crippen molar-refractivity contribution in [3.05, 3.63) is 0 Å². The Hall–Kier alpha value is -0.260. The molecule has 5 N–H and O–H groups in total. The predicted molar refractivity (Wildman–Crippen MR) is 17.6 cm³/mol. The fraction of sp³-hybridized carbons (Fsp3) is 0. The fourth-order valence-electron chi connectivity index (χ4n) is 0. The average molecular weight is 99.1 g/mol. The third-order valence-electron chi connectivity index (χ3n) is 0. The summed E-state index contributed by atoms with van der Waals surface area (Å²) in [6, 6.07) is 0. The van der Waals surface area contributed by atoms with E-state index in [1.807, 2.05) is 0 Å². The van der Waals surface area contributed by atoms with Crippen LogP contribution in [-0.4, -0.2) is 13.9 Å². The highest BCUT2D eigenvalue weighted by molar-refractivity contribution is 7.51. The smallest absolute Gasteiger partial charge is 0.335 e. The van der Waals surface area contributed by atoms with Gasteiger partial charge in [0.2, 0.25) is 0 Å². The second kappa shape index (κ2) is 51.3. The van der Waals surface area contributed by atoms with Crippen LogP contribution in [0.5, 0.6) is 0 Å². The van der Waals surface area contributed by atoms with Crippen molar-refractivity contribution in [3.8, 4) is 0 Å². The van der Waals surface area contributed by atoms with E-state index in [1.165, 1.54) is 0 Å².